The maximum absolute atomic E-state index is 12.8. The number of aliphatic hydroxyl groups excluding tert-OH is 1. The third kappa shape index (κ3) is 3.01. The fraction of sp³-hybridized carbons (Fsp3) is 0.400. The molecule has 0 amide bonds. The van der Waals surface area contributed by atoms with E-state index < -0.39 is 21.9 Å². The van der Waals surface area contributed by atoms with E-state index in [0.717, 1.165) is 12.1 Å². The van der Waals surface area contributed by atoms with E-state index in [2.05, 4.69) is 4.72 Å². The number of halogens is 1. The largest absolute Gasteiger partial charge is 0.395 e. The van der Waals surface area contributed by atoms with Gasteiger partial charge in [-0.3, -0.25) is 0 Å². The van der Waals surface area contributed by atoms with Crippen LogP contribution in [0.25, 0.3) is 0 Å². The highest BCUT2D eigenvalue weighted by Crippen LogP contribution is 2.16. The average molecular weight is 247 g/mol. The molecule has 0 bridgehead atoms. The quantitative estimate of drug-likeness (QED) is 0.826. The van der Waals surface area contributed by atoms with Crippen LogP contribution in [-0.4, -0.2) is 26.2 Å². The van der Waals surface area contributed by atoms with Crippen LogP contribution in [0.15, 0.2) is 23.1 Å². The molecule has 1 unspecified atom stereocenters. The third-order valence-corrected chi connectivity index (χ3v) is 3.81. The van der Waals surface area contributed by atoms with Gasteiger partial charge in [0.05, 0.1) is 11.5 Å². The molecule has 0 aliphatic carbocycles. The van der Waals surface area contributed by atoms with Crippen molar-refractivity contribution in [2.45, 2.75) is 24.8 Å². The first kappa shape index (κ1) is 13.1. The summed E-state index contributed by atoms with van der Waals surface area (Å²) >= 11 is 0. The van der Waals surface area contributed by atoms with Crippen LogP contribution in [0.3, 0.4) is 0 Å². The van der Waals surface area contributed by atoms with Gasteiger partial charge in [-0.15, -0.1) is 0 Å². The zero-order valence-corrected chi connectivity index (χ0v) is 9.88. The van der Waals surface area contributed by atoms with Crippen molar-refractivity contribution in [2.75, 3.05) is 6.61 Å². The third-order valence-electron chi connectivity index (χ3n) is 2.06. The van der Waals surface area contributed by atoms with Gasteiger partial charge in [0.2, 0.25) is 10.0 Å². The number of aryl methyl sites for hydroxylation is 1. The molecule has 0 saturated heterocycles. The van der Waals surface area contributed by atoms with Crippen molar-refractivity contribution in [3.63, 3.8) is 0 Å². The molecule has 4 nitrogen and oxygen atoms in total. The summed E-state index contributed by atoms with van der Waals surface area (Å²) in [7, 11) is -3.70. The molecule has 2 N–H and O–H groups in total. The number of hydrogen-bond acceptors (Lipinski definition) is 3. The number of rotatable bonds is 4. The maximum Gasteiger partial charge on any atom is 0.241 e. The van der Waals surface area contributed by atoms with Gasteiger partial charge in [-0.2, -0.15) is 0 Å². The molecule has 0 saturated carbocycles. The Balaban J connectivity index is 3.08. The molecule has 1 atom stereocenters. The Morgan fingerprint density at radius 3 is 2.62 bits per heavy atom. The van der Waals surface area contributed by atoms with Gasteiger partial charge in [0.15, 0.2) is 0 Å². The predicted molar refractivity (Wildman–Crippen MR) is 58.0 cm³/mol. The first-order valence-electron chi connectivity index (χ1n) is 4.76. The van der Waals surface area contributed by atoms with Crippen molar-refractivity contribution in [2.24, 2.45) is 0 Å². The molecule has 0 spiro atoms. The minimum atomic E-state index is -3.70. The highest BCUT2D eigenvalue weighted by atomic mass is 32.2. The highest BCUT2D eigenvalue weighted by Gasteiger charge is 2.19. The van der Waals surface area contributed by atoms with E-state index in [9.17, 15) is 12.8 Å². The van der Waals surface area contributed by atoms with E-state index >= 15 is 0 Å². The maximum atomic E-state index is 12.8. The molecule has 1 aromatic carbocycles. The van der Waals surface area contributed by atoms with Crippen LogP contribution in [0.1, 0.15) is 12.5 Å². The van der Waals surface area contributed by atoms with Crippen LogP contribution < -0.4 is 4.72 Å². The smallest absolute Gasteiger partial charge is 0.241 e. The monoisotopic (exact) mass is 247 g/mol. The van der Waals surface area contributed by atoms with Crippen LogP contribution in [0.5, 0.6) is 0 Å². The summed E-state index contributed by atoms with van der Waals surface area (Å²) in [6.45, 7) is 2.76. The lowest BCUT2D eigenvalue weighted by Crippen LogP contribution is -2.35. The van der Waals surface area contributed by atoms with Crippen LogP contribution >= 0.6 is 0 Å². The summed E-state index contributed by atoms with van der Waals surface area (Å²) in [4.78, 5) is 0.0224. The van der Waals surface area contributed by atoms with Crippen molar-refractivity contribution >= 4 is 10.0 Å². The van der Waals surface area contributed by atoms with Crippen molar-refractivity contribution in [1.29, 1.82) is 0 Å². The number of benzene rings is 1. The summed E-state index contributed by atoms with van der Waals surface area (Å²) < 4.78 is 38.7. The summed E-state index contributed by atoms with van der Waals surface area (Å²) in [6, 6.07) is 2.87. The Morgan fingerprint density at radius 1 is 1.50 bits per heavy atom. The first-order chi connectivity index (χ1) is 7.36. The topological polar surface area (TPSA) is 66.4 Å². The van der Waals surface area contributed by atoms with Crippen molar-refractivity contribution in [3.05, 3.63) is 29.6 Å². The zero-order chi connectivity index (χ0) is 12.3. The number of aliphatic hydroxyl groups is 1. The molecule has 0 heterocycles. The Bertz CT molecular complexity index is 473. The standard InChI is InChI=1S/C10H14FNO3S/c1-7-5-9(11)3-4-10(7)16(14,15)12-8(2)6-13/h3-5,8,12-13H,6H2,1-2H3. The lowest BCUT2D eigenvalue weighted by Gasteiger charge is -2.13. The molecule has 90 valence electrons. The number of hydrogen-bond donors (Lipinski definition) is 2. The van der Waals surface area contributed by atoms with Gasteiger partial charge in [0, 0.05) is 6.04 Å². The van der Waals surface area contributed by atoms with Gasteiger partial charge >= 0.3 is 0 Å². The second kappa shape index (κ2) is 4.90. The van der Waals surface area contributed by atoms with E-state index in [0.29, 0.717) is 5.56 Å². The minimum absolute atomic E-state index is 0.0224. The van der Waals surface area contributed by atoms with E-state index in [-0.39, 0.29) is 11.5 Å². The van der Waals surface area contributed by atoms with Gasteiger partial charge in [-0.1, -0.05) is 0 Å². The lowest BCUT2D eigenvalue weighted by molar-refractivity contribution is 0.265. The molecule has 0 fully saturated rings. The summed E-state index contributed by atoms with van der Waals surface area (Å²) in [5, 5.41) is 8.77. The molecule has 0 aliphatic rings. The van der Waals surface area contributed by atoms with Gasteiger partial charge in [0.1, 0.15) is 5.82 Å². The first-order valence-corrected chi connectivity index (χ1v) is 6.24. The molecule has 0 aromatic heterocycles. The SMILES string of the molecule is Cc1cc(F)ccc1S(=O)(=O)NC(C)CO. The molecule has 6 heteroatoms. The normalized spacial score (nSPS) is 13.8. The fourth-order valence-electron chi connectivity index (χ4n) is 1.28. The summed E-state index contributed by atoms with van der Waals surface area (Å²) in [5.41, 5.74) is 0.331. The second-order valence-corrected chi connectivity index (χ2v) is 5.30. The Kier molecular flexibility index (Phi) is 4.01. The van der Waals surface area contributed by atoms with E-state index in [1.807, 2.05) is 0 Å². The number of nitrogens with one attached hydrogen (secondary N) is 1. The molecule has 16 heavy (non-hydrogen) atoms. The molecule has 0 aliphatic heterocycles. The van der Waals surface area contributed by atoms with Crippen LogP contribution in [0, 0.1) is 12.7 Å². The average Bonchev–Trinajstić information content (AvgIpc) is 2.16. The summed E-state index contributed by atoms with van der Waals surface area (Å²) in [5.74, 6) is -0.480. The van der Waals surface area contributed by atoms with Crippen LogP contribution in [-0.2, 0) is 10.0 Å². The van der Waals surface area contributed by atoms with Gasteiger partial charge in [0.25, 0.3) is 0 Å². The molecular formula is C10H14FNO3S. The van der Waals surface area contributed by atoms with Crippen molar-refractivity contribution in [1.82, 2.24) is 4.72 Å². The van der Waals surface area contributed by atoms with Crippen molar-refractivity contribution in [3.8, 4) is 0 Å². The van der Waals surface area contributed by atoms with E-state index in [1.165, 1.54) is 19.9 Å². The Hall–Kier alpha value is -0.980. The molecule has 1 rings (SSSR count). The molecular weight excluding hydrogens is 233 g/mol. The number of sulfonamides is 1. The minimum Gasteiger partial charge on any atom is -0.395 e. The molecule has 0 radical (unpaired) electrons. The fourth-order valence-corrected chi connectivity index (χ4v) is 2.74. The Morgan fingerprint density at radius 2 is 2.12 bits per heavy atom. The zero-order valence-electron chi connectivity index (χ0n) is 9.07. The van der Waals surface area contributed by atoms with Crippen molar-refractivity contribution < 1.29 is 17.9 Å². The molecule has 1 aromatic rings. The predicted octanol–water partition coefficient (Wildman–Crippen LogP) is 0.793. The highest BCUT2D eigenvalue weighted by molar-refractivity contribution is 7.89. The van der Waals surface area contributed by atoms with Gasteiger partial charge in [-0.05, 0) is 37.6 Å². The van der Waals surface area contributed by atoms with E-state index in [4.69, 9.17) is 5.11 Å². The van der Waals surface area contributed by atoms with E-state index in [1.54, 1.807) is 0 Å². The Labute approximate surface area is 94.2 Å². The van der Waals surface area contributed by atoms with Gasteiger partial charge < -0.3 is 5.11 Å². The summed E-state index contributed by atoms with van der Waals surface area (Å²) in [6.07, 6.45) is 0. The van der Waals surface area contributed by atoms with Crippen LogP contribution in [0.4, 0.5) is 4.39 Å². The van der Waals surface area contributed by atoms with Gasteiger partial charge in [-0.25, -0.2) is 17.5 Å². The second-order valence-electron chi connectivity index (χ2n) is 3.61. The van der Waals surface area contributed by atoms with Crippen LogP contribution in [0.2, 0.25) is 0 Å². The lowest BCUT2D eigenvalue weighted by atomic mass is 10.2.